The molecule has 1 aliphatic heterocycles. The molecule has 1 heterocycles. The van der Waals surface area contributed by atoms with Crippen molar-refractivity contribution in [2.75, 3.05) is 13.2 Å². The molecule has 0 saturated heterocycles. The molecule has 2 unspecified atom stereocenters. The highest BCUT2D eigenvalue weighted by molar-refractivity contribution is 5.39. The predicted molar refractivity (Wildman–Crippen MR) is 71.7 cm³/mol. The molecule has 2 nitrogen and oxygen atoms in total. The van der Waals surface area contributed by atoms with Gasteiger partial charge in [-0.15, -0.1) is 0 Å². The van der Waals surface area contributed by atoms with Crippen LogP contribution in [0, 0.1) is 0 Å². The molecule has 1 aliphatic rings. The van der Waals surface area contributed by atoms with Crippen LogP contribution in [0.1, 0.15) is 44.6 Å². The van der Waals surface area contributed by atoms with Gasteiger partial charge in [-0.3, -0.25) is 0 Å². The molecule has 0 aromatic heterocycles. The van der Waals surface area contributed by atoms with Gasteiger partial charge in [0.2, 0.25) is 0 Å². The lowest BCUT2D eigenvalue weighted by molar-refractivity contribution is 0.318. The van der Waals surface area contributed by atoms with Gasteiger partial charge in [-0.05, 0) is 38.8 Å². The topological polar surface area (TPSA) is 21.3 Å². The minimum absolute atomic E-state index is 0.595. The lowest BCUT2D eigenvalue weighted by Gasteiger charge is -2.15. The molecule has 94 valence electrons. The fraction of sp³-hybridized carbons (Fsp3) is 0.600. The van der Waals surface area contributed by atoms with Crippen molar-refractivity contribution in [3.05, 3.63) is 29.8 Å². The first-order valence-electron chi connectivity index (χ1n) is 6.76. The highest BCUT2D eigenvalue weighted by Gasteiger charge is 2.23. The van der Waals surface area contributed by atoms with Crippen molar-refractivity contribution in [2.24, 2.45) is 0 Å². The summed E-state index contributed by atoms with van der Waals surface area (Å²) in [6.07, 6.45) is 3.65. The molecule has 0 saturated carbocycles. The predicted octanol–water partition coefficient (Wildman–Crippen LogP) is 3.33. The Morgan fingerprint density at radius 1 is 1.41 bits per heavy atom. The first-order chi connectivity index (χ1) is 8.31. The molecule has 0 aliphatic carbocycles. The molecule has 2 rings (SSSR count). The Hall–Kier alpha value is -1.02. The highest BCUT2D eigenvalue weighted by Crippen LogP contribution is 2.36. The minimum atomic E-state index is 0.595. The summed E-state index contributed by atoms with van der Waals surface area (Å²) in [7, 11) is 0. The molecule has 1 N–H and O–H groups in total. The van der Waals surface area contributed by atoms with Crippen LogP contribution in [0.4, 0.5) is 0 Å². The zero-order chi connectivity index (χ0) is 12.1. The van der Waals surface area contributed by atoms with Crippen LogP contribution in [0.5, 0.6) is 5.75 Å². The number of fused-ring (bicyclic) bond motifs is 1. The molecule has 1 aromatic rings. The van der Waals surface area contributed by atoms with E-state index in [2.05, 4.69) is 37.4 Å². The summed E-state index contributed by atoms with van der Waals surface area (Å²) in [6.45, 7) is 6.47. The van der Waals surface area contributed by atoms with Gasteiger partial charge in [-0.25, -0.2) is 0 Å². The maximum absolute atomic E-state index is 5.70. The van der Waals surface area contributed by atoms with Crippen LogP contribution >= 0.6 is 0 Å². The van der Waals surface area contributed by atoms with Crippen LogP contribution in [0.2, 0.25) is 0 Å². The summed E-state index contributed by atoms with van der Waals surface area (Å²) < 4.78 is 5.70. The monoisotopic (exact) mass is 233 g/mol. The first-order valence-corrected chi connectivity index (χ1v) is 6.76. The molecule has 2 atom stereocenters. The zero-order valence-electron chi connectivity index (χ0n) is 10.9. The van der Waals surface area contributed by atoms with Crippen molar-refractivity contribution < 1.29 is 4.74 Å². The smallest absolute Gasteiger partial charge is 0.122 e. The van der Waals surface area contributed by atoms with E-state index in [0.29, 0.717) is 12.0 Å². The van der Waals surface area contributed by atoms with Gasteiger partial charge in [-0.2, -0.15) is 0 Å². The summed E-state index contributed by atoms with van der Waals surface area (Å²) in [6, 6.07) is 9.06. The van der Waals surface area contributed by atoms with E-state index in [1.54, 1.807) is 0 Å². The summed E-state index contributed by atoms with van der Waals surface area (Å²) in [5.74, 6) is 1.68. The van der Waals surface area contributed by atoms with Crippen molar-refractivity contribution in [3.63, 3.8) is 0 Å². The van der Waals surface area contributed by atoms with Crippen LogP contribution in [0.3, 0.4) is 0 Å². The number of ether oxygens (including phenoxy) is 1. The van der Waals surface area contributed by atoms with E-state index >= 15 is 0 Å². The summed E-state index contributed by atoms with van der Waals surface area (Å²) in [5, 5.41) is 3.54. The molecular weight excluding hydrogens is 210 g/mol. The maximum atomic E-state index is 5.70. The molecule has 0 amide bonds. The quantitative estimate of drug-likeness (QED) is 0.813. The fourth-order valence-electron chi connectivity index (χ4n) is 2.41. The van der Waals surface area contributed by atoms with E-state index in [1.165, 1.54) is 24.8 Å². The molecule has 2 heteroatoms. The Bertz CT molecular complexity index is 351. The van der Waals surface area contributed by atoms with E-state index < -0.39 is 0 Å². The third-order valence-corrected chi connectivity index (χ3v) is 3.49. The van der Waals surface area contributed by atoms with Crippen LogP contribution in [-0.2, 0) is 0 Å². The van der Waals surface area contributed by atoms with E-state index in [9.17, 15) is 0 Å². The van der Waals surface area contributed by atoms with E-state index in [0.717, 1.165) is 18.9 Å². The van der Waals surface area contributed by atoms with Crippen LogP contribution < -0.4 is 10.1 Å². The summed E-state index contributed by atoms with van der Waals surface area (Å²) >= 11 is 0. The lowest BCUT2D eigenvalue weighted by Crippen LogP contribution is -2.27. The third-order valence-electron chi connectivity index (χ3n) is 3.49. The number of nitrogens with one attached hydrogen (secondary N) is 1. The van der Waals surface area contributed by atoms with Crippen molar-refractivity contribution in [1.82, 2.24) is 5.32 Å². The van der Waals surface area contributed by atoms with E-state index in [1.807, 2.05) is 6.07 Å². The number of para-hydroxylation sites is 1. The van der Waals surface area contributed by atoms with Crippen molar-refractivity contribution in [3.8, 4) is 5.75 Å². The minimum Gasteiger partial charge on any atom is -0.493 e. The molecular formula is C15H23NO. The Morgan fingerprint density at radius 2 is 2.24 bits per heavy atom. The van der Waals surface area contributed by atoms with Crippen molar-refractivity contribution >= 4 is 0 Å². The SMILES string of the molecule is CCCNC(C)CCC1COc2ccccc21. The number of rotatable bonds is 6. The molecule has 0 radical (unpaired) electrons. The van der Waals surface area contributed by atoms with Crippen molar-refractivity contribution in [1.29, 1.82) is 0 Å². The van der Waals surface area contributed by atoms with Gasteiger partial charge in [0.1, 0.15) is 5.75 Å². The molecule has 0 fully saturated rings. The second-order valence-corrected chi connectivity index (χ2v) is 4.98. The Balaban J connectivity index is 1.81. The molecule has 0 bridgehead atoms. The standard InChI is InChI=1S/C15H23NO/c1-3-10-16-12(2)8-9-13-11-17-15-7-5-4-6-14(13)15/h4-7,12-13,16H,3,8-11H2,1-2H3. The largest absolute Gasteiger partial charge is 0.493 e. The highest BCUT2D eigenvalue weighted by atomic mass is 16.5. The number of hydrogen-bond acceptors (Lipinski definition) is 2. The number of benzene rings is 1. The second-order valence-electron chi connectivity index (χ2n) is 4.98. The van der Waals surface area contributed by atoms with Gasteiger partial charge in [0.05, 0.1) is 6.61 Å². The first kappa shape index (κ1) is 12.4. The fourth-order valence-corrected chi connectivity index (χ4v) is 2.41. The van der Waals surface area contributed by atoms with E-state index in [4.69, 9.17) is 4.74 Å². The van der Waals surface area contributed by atoms with Gasteiger partial charge in [0, 0.05) is 17.5 Å². The van der Waals surface area contributed by atoms with E-state index in [-0.39, 0.29) is 0 Å². The Kier molecular flexibility index (Phi) is 4.43. The van der Waals surface area contributed by atoms with Gasteiger partial charge in [0.15, 0.2) is 0 Å². The Labute approximate surface area is 104 Å². The average molecular weight is 233 g/mol. The van der Waals surface area contributed by atoms with Crippen LogP contribution in [0.25, 0.3) is 0 Å². The summed E-state index contributed by atoms with van der Waals surface area (Å²) in [4.78, 5) is 0. The van der Waals surface area contributed by atoms with Gasteiger partial charge >= 0.3 is 0 Å². The number of hydrogen-bond donors (Lipinski definition) is 1. The third kappa shape index (κ3) is 3.22. The lowest BCUT2D eigenvalue weighted by atomic mass is 9.94. The molecule has 1 aromatic carbocycles. The molecule has 17 heavy (non-hydrogen) atoms. The molecule has 0 spiro atoms. The second kappa shape index (κ2) is 6.06. The van der Waals surface area contributed by atoms with Gasteiger partial charge in [-0.1, -0.05) is 25.1 Å². The normalized spacial score (nSPS) is 19.8. The van der Waals surface area contributed by atoms with Gasteiger partial charge in [0.25, 0.3) is 0 Å². The summed E-state index contributed by atoms with van der Waals surface area (Å²) in [5.41, 5.74) is 1.40. The van der Waals surface area contributed by atoms with Gasteiger partial charge < -0.3 is 10.1 Å². The zero-order valence-corrected chi connectivity index (χ0v) is 10.9. The average Bonchev–Trinajstić information content (AvgIpc) is 2.77. The Morgan fingerprint density at radius 3 is 3.06 bits per heavy atom. The van der Waals surface area contributed by atoms with Crippen LogP contribution in [-0.4, -0.2) is 19.2 Å². The van der Waals surface area contributed by atoms with Crippen molar-refractivity contribution in [2.45, 2.75) is 45.1 Å². The van der Waals surface area contributed by atoms with Crippen LogP contribution in [0.15, 0.2) is 24.3 Å². The maximum Gasteiger partial charge on any atom is 0.122 e.